The van der Waals surface area contributed by atoms with Gasteiger partial charge in [0.15, 0.2) is 0 Å². The van der Waals surface area contributed by atoms with Gasteiger partial charge >= 0.3 is 0 Å². The Morgan fingerprint density at radius 2 is 0.778 bits per heavy atom. The fourth-order valence-electron chi connectivity index (χ4n) is 8.63. The van der Waals surface area contributed by atoms with Crippen molar-refractivity contribution in [1.82, 2.24) is 0 Å². The summed E-state index contributed by atoms with van der Waals surface area (Å²) >= 11 is 0. The molecule has 252 valence electrons. The van der Waals surface area contributed by atoms with E-state index in [1.54, 1.807) is 0 Å². The molecule has 0 saturated carbocycles. The molecule has 1 aromatic heterocycles. The first-order chi connectivity index (χ1) is 26.8. The predicted octanol–water partition coefficient (Wildman–Crippen LogP) is 15.0. The van der Waals surface area contributed by atoms with E-state index in [9.17, 15) is 0 Å². The summed E-state index contributed by atoms with van der Waals surface area (Å²) in [4.78, 5) is 2.42. The SMILES string of the molecule is c1ccc(-c2c(-c3ccccc3)c3cc(N(c4ccc5c(c4)oc4ccccc45)c4cc5ccccc5c5ccccc45)ccc3c3ccccc23)cc1. The highest BCUT2D eigenvalue weighted by molar-refractivity contribution is 6.23. The van der Waals surface area contributed by atoms with Gasteiger partial charge in [0.1, 0.15) is 11.2 Å². The van der Waals surface area contributed by atoms with Crippen molar-refractivity contribution in [3.63, 3.8) is 0 Å². The lowest BCUT2D eigenvalue weighted by molar-refractivity contribution is 0.669. The first-order valence-electron chi connectivity index (χ1n) is 18.5. The summed E-state index contributed by atoms with van der Waals surface area (Å²) in [6.45, 7) is 0. The van der Waals surface area contributed by atoms with E-state index in [1.165, 1.54) is 65.3 Å². The number of hydrogen-bond donors (Lipinski definition) is 0. The minimum atomic E-state index is 0.868. The number of nitrogens with zero attached hydrogens (tertiary/aromatic N) is 1. The Kier molecular flexibility index (Phi) is 6.90. The van der Waals surface area contributed by atoms with Gasteiger partial charge in [-0.15, -0.1) is 0 Å². The lowest BCUT2D eigenvalue weighted by atomic mass is 9.85. The molecule has 0 fully saturated rings. The van der Waals surface area contributed by atoms with Crippen LogP contribution in [-0.2, 0) is 0 Å². The van der Waals surface area contributed by atoms with Crippen LogP contribution in [0, 0.1) is 0 Å². The average Bonchev–Trinajstić information content (AvgIpc) is 3.62. The van der Waals surface area contributed by atoms with Gasteiger partial charge in [0, 0.05) is 33.6 Å². The molecule has 0 spiro atoms. The zero-order valence-corrected chi connectivity index (χ0v) is 29.4. The van der Waals surface area contributed by atoms with Crippen LogP contribution in [0.3, 0.4) is 0 Å². The van der Waals surface area contributed by atoms with Gasteiger partial charge in [0.05, 0.1) is 5.69 Å². The maximum Gasteiger partial charge on any atom is 0.137 e. The Morgan fingerprint density at radius 1 is 0.296 bits per heavy atom. The molecule has 0 aliphatic rings. The van der Waals surface area contributed by atoms with E-state index in [4.69, 9.17) is 4.42 Å². The van der Waals surface area contributed by atoms with E-state index in [1.807, 2.05) is 12.1 Å². The van der Waals surface area contributed by atoms with E-state index >= 15 is 0 Å². The fraction of sp³-hybridized carbons (Fsp3) is 0. The van der Waals surface area contributed by atoms with Crippen LogP contribution in [0.2, 0.25) is 0 Å². The van der Waals surface area contributed by atoms with Crippen molar-refractivity contribution in [3.05, 3.63) is 200 Å². The first-order valence-corrected chi connectivity index (χ1v) is 18.5. The van der Waals surface area contributed by atoms with E-state index in [0.717, 1.165) is 39.0 Å². The molecule has 11 aromatic rings. The molecule has 0 saturated heterocycles. The van der Waals surface area contributed by atoms with Crippen LogP contribution in [0.1, 0.15) is 0 Å². The Morgan fingerprint density at radius 3 is 1.50 bits per heavy atom. The predicted molar refractivity (Wildman–Crippen MR) is 229 cm³/mol. The Labute approximate surface area is 312 Å². The van der Waals surface area contributed by atoms with E-state index in [0.29, 0.717) is 0 Å². The zero-order valence-electron chi connectivity index (χ0n) is 29.4. The van der Waals surface area contributed by atoms with Crippen molar-refractivity contribution in [2.75, 3.05) is 4.90 Å². The van der Waals surface area contributed by atoms with Crippen LogP contribution in [0.25, 0.3) is 87.3 Å². The third-order valence-corrected chi connectivity index (χ3v) is 11.0. The van der Waals surface area contributed by atoms with Gasteiger partial charge < -0.3 is 9.32 Å². The second-order valence-corrected chi connectivity index (χ2v) is 14.0. The molecule has 0 N–H and O–H groups in total. The summed E-state index contributed by atoms with van der Waals surface area (Å²) in [5.41, 5.74) is 9.85. The second kappa shape index (κ2) is 12.2. The fourth-order valence-corrected chi connectivity index (χ4v) is 8.63. The summed E-state index contributed by atoms with van der Waals surface area (Å²) < 4.78 is 6.51. The summed E-state index contributed by atoms with van der Waals surface area (Å²) in [6, 6.07) is 72.4. The highest BCUT2D eigenvalue weighted by atomic mass is 16.3. The van der Waals surface area contributed by atoms with Crippen LogP contribution in [0.4, 0.5) is 17.1 Å². The maximum absolute atomic E-state index is 6.51. The maximum atomic E-state index is 6.51. The van der Waals surface area contributed by atoms with Crippen molar-refractivity contribution in [2.45, 2.75) is 0 Å². The molecule has 0 atom stereocenters. The van der Waals surface area contributed by atoms with Crippen molar-refractivity contribution in [1.29, 1.82) is 0 Å². The Balaban J connectivity index is 1.27. The van der Waals surface area contributed by atoms with Crippen LogP contribution in [0.15, 0.2) is 205 Å². The number of para-hydroxylation sites is 1. The highest BCUT2D eigenvalue weighted by Crippen LogP contribution is 2.48. The molecular formula is C52H33NO. The van der Waals surface area contributed by atoms with Crippen LogP contribution in [0.5, 0.6) is 0 Å². The summed E-state index contributed by atoms with van der Waals surface area (Å²) in [6.07, 6.45) is 0. The summed E-state index contributed by atoms with van der Waals surface area (Å²) in [7, 11) is 0. The lowest BCUT2D eigenvalue weighted by Crippen LogP contribution is -2.11. The normalized spacial score (nSPS) is 11.7. The van der Waals surface area contributed by atoms with Gasteiger partial charge in [-0.3, -0.25) is 0 Å². The molecule has 0 aliphatic heterocycles. The average molecular weight is 688 g/mol. The van der Waals surface area contributed by atoms with Crippen molar-refractivity contribution < 1.29 is 4.42 Å². The summed E-state index contributed by atoms with van der Waals surface area (Å²) in [5.74, 6) is 0. The van der Waals surface area contributed by atoms with Gasteiger partial charge in [0.25, 0.3) is 0 Å². The van der Waals surface area contributed by atoms with Gasteiger partial charge in [0.2, 0.25) is 0 Å². The Bertz CT molecular complexity index is 3210. The third kappa shape index (κ3) is 4.74. The number of fused-ring (bicyclic) bond motifs is 9. The molecule has 0 bridgehead atoms. The first kappa shape index (κ1) is 30.5. The number of furan rings is 1. The van der Waals surface area contributed by atoms with Crippen LogP contribution < -0.4 is 4.90 Å². The second-order valence-electron chi connectivity index (χ2n) is 14.0. The van der Waals surface area contributed by atoms with Gasteiger partial charge in [-0.25, -0.2) is 0 Å². The van der Waals surface area contributed by atoms with Gasteiger partial charge in [-0.05, 0) is 96.4 Å². The standard InChI is InChI=1S/C52H33NO/c1-3-15-34(16-4-1)51-46-25-12-10-22-41(46)42-29-27-37(32-47(42)52(51)35-17-5-2-6-18-35)53(38-28-30-45-44-24-13-14-26-49(44)54-50(45)33-38)48-31-36-19-7-8-20-39(36)40-21-9-11-23-43(40)48/h1-33H. The molecule has 1 heterocycles. The van der Waals surface area contributed by atoms with Crippen molar-refractivity contribution in [2.24, 2.45) is 0 Å². The van der Waals surface area contributed by atoms with Crippen LogP contribution >= 0.6 is 0 Å². The molecule has 10 aromatic carbocycles. The molecule has 0 unspecified atom stereocenters. The van der Waals surface area contributed by atoms with E-state index < -0.39 is 0 Å². The monoisotopic (exact) mass is 687 g/mol. The summed E-state index contributed by atoms with van der Waals surface area (Å²) in [5, 5.41) is 12.0. The molecule has 54 heavy (non-hydrogen) atoms. The van der Waals surface area contributed by atoms with E-state index in [2.05, 4.69) is 193 Å². The van der Waals surface area contributed by atoms with Gasteiger partial charge in [-0.2, -0.15) is 0 Å². The van der Waals surface area contributed by atoms with Crippen molar-refractivity contribution in [3.8, 4) is 22.3 Å². The van der Waals surface area contributed by atoms with Crippen LogP contribution in [-0.4, -0.2) is 0 Å². The zero-order chi connectivity index (χ0) is 35.6. The molecule has 2 heteroatoms. The Hall–Kier alpha value is -7.16. The lowest BCUT2D eigenvalue weighted by Gasteiger charge is -2.28. The third-order valence-electron chi connectivity index (χ3n) is 11.0. The van der Waals surface area contributed by atoms with E-state index in [-0.39, 0.29) is 0 Å². The minimum absolute atomic E-state index is 0.868. The highest BCUT2D eigenvalue weighted by Gasteiger charge is 2.22. The molecule has 0 aliphatic carbocycles. The smallest absolute Gasteiger partial charge is 0.137 e. The molecule has 11 rings (SSSR count). The molecule has 0 amide bonds. The van der Waals surface area contributed by atoms with Crippen molar-refractivity contribution >= 4 is 82.1 Å². The quantitative estimate of drug-likeness (QED) is 0.168. The van der Waals surface area contributed by atoms with Gasteiger partial charge in [-0.1, -0.05) is 158 Å². The minimum Gasteiger partial charge on any atom is -0.456 e. The number of benzene rings is 10. The molecule has 0 radical (unpaired) electrons. The topological polar surface area (TPSA) is 16.4 Å². The largest absolute Gasteiger partial charge is 0.456 e. The number of rotatable bonds is 5. The molecular weight excluding hydrogens is 655 g/mol. The molecule has 2 nitrogen and oxygen atoms in total. The number of anilines is 3. The number of hydrogen-bond acceptors (Lipinski definition) is 2.